The van der Waals surface area contributed by atoms with Gasteiger partial charge in [0.05, 0.1) is 19.3 Å². The number of esters is 1. The van der Waals surface area contributed by atoms with Crippen molar-refractivity contribution in [3.63, 3.8) is 0 Å². The normalized spacial score (nSPS) is 26.9. The van der Waals surface area contributed by atoms with E-state index in [1.165, 1.54) is 7.11 Å². The van der Waals surface area contributed by atoms with E-state index in [2.05, 4.69) is 24.3 Å². The molecule has 0 bridgehead atoms. The topological polar surface area (TPSA) is 56.1 Å². The number of ether oxygens (including phenoxy) is 1. The second-order valence-electron chi connectivity index (χ2n) is 5.77. The number of aromatic nitrogens is 2. The first-order valence-corrected chi connectivity index (χ1v) is 6.84. The third-order valence-electron chi connectivity index (χ3n) is 3.73. The summed E-state index contributed by atoms with van der Waals surface area (Å²) >= 11 is 0. The van der Waals surface area contributed by atoms with Gasteiger partial charge in [0, 0.05) is 12.2 Å². The third kappa shape index (κ3) is 2.81. The summed E-state index contributed by atoms with van der Waals surface area (Å²) in [5.74, 6) is -0.160. The summed E-state index contributed by atoms with van der Waals surface area (Å²) in [4.78, 5) is 12.1. The van der Waals surface area contributed by atoms with Gasteiger partial charge < -0.3 is 4.74 Å². The monoisotopic (exact) mass is 265 g/mol. The number of rotatable bonds is 4. The third-order valence-corrected chi connectivity index (χ3v) is 3.73. The van der Waals surface area contributed by atoms with Crippen LogP contribution in [-0.4, -0.2) is 34.4 Å². The van der Waals surface area contributed by atoms with E-state index in [-0.39, 0.29) is 18.1 Å². The number of aryl methyl sites for hydroxylation is 1. The Balaban J connectivity index is 2.17. The van der Waals surface area contributed by atoms with Crippen molar-refractivity contribution in [2.75, 3.05) is 7.11 Å². The van der Waals surface area contributed by atoms with Gasteiger partial charge in [-0.05, 0) is 45.6 Å². The van der Waals surface area contributed by atoms with E-state index in [0.29, 0.717) is 0 Å². The highest BCUT2D eigenvalue weighted by Gasteiger charge is 2.47. The Morgan fingerprint density at radius 3 is 2.89 bits per heavy atom. The van der Waals surface area contributed by atoms with Gasteiger partial charge in [-0.1, -0.05) is 0 Å². The van der Waals surface area contributed by atoms with E-state index in [9.17, 15) is 4.79 Å². The van der Waals surface area contributed by atoms with E-state index in [0.717, 1.165) is 24.8 Å². The number of carbonyl (C=O) groups is 1. The van der Waals surface area contributed by atoms with Crippen LogP contribution in [0, 0.1) is 6.92 Å². The van der Waals surface area contributed by atoms with E-state index in [4.69, 9.17) is 4.74 Å². The van der Waals surface area contributed by atoms with Crippen LogP contribution in [0.5, 0.6) is 0 Å². The summed E-state index contributed by atoms with van der Waals surface area (Å²) in [6.45, 7) is 6.13. The number of hydrogen-bond donors (Lipinski definition) is 1. The highest BCUT2D eigenvalue weighted by atomic mass is 16.5. The molecule has 2 atom stereocenters. The fourth-order valence-corrected chi connectivity index (χ4v) is 3.00. The Morgan fingerprint density at radius 1 is 1.63 bits per heavy atom. The van der Waals surface area contributed by atoms with Crippen LogP contribution in [0.15, 0.2) is 12.4 Å². The largest absolute Gasteiger partial charge is 0.468 e. The number of hydrogen-bond acceptors (Lipinski definition) is 4. The molecule has 0 aromatic carbocycles. The molecule has 0 radical (unpaired) electrons. The molecule has 0 saturated heterocycles. The Kier molecular flexibility index (Phi) is 3.94. The lowest BCUT2D eigenvalue weighted by molar-refractivity contribution is -0.148. The SMILES string of the molecule is COC(=O)C1(NC(C)C)CCC(n2cc(C)cn2)C1. The standard InChI is InChI=1S/C14H23N3O2/c1-10(2)16-14(13(18)19-4)6-5-12(7-14)17-9-11(3)8-15-17/h8-10,12,16H,5-7H2,1-4H3. The van der Waals surface area contributed by atoms with Crippen molar-refractivity contribution < 1.29 is 9.53 Å². The van der Waals surface area contributed by atoms with Crippen LogP contribution in [0.2, 0.25) is 0 Å². The molecule has 2 unspecified atom stereocenters. The average Bonchev–Trinajstić information content (AvgIpc) is 2.95. The lowest BCUT2D eigenvalue weighted by Crippen LogP contribution is -2.53. The van der Waals surface area contributed by atoms with Crippen LogP contribution in [0.25, 0.3) is 0 Å². The van der Waals surface area contributed by atoms with Crippen molar-refractivity contribution in [3.8, 4) is 0 Å². The van der Waals surface area contributed by atoms with Gasteiger partial charge in [0.1, 0.15) is 5.54 Å². The zero-order chi connectivity index (χ0) is 14.0. The van der Waals surface area contributed by atoms with Crippen LogP contribution in [0.3, 0.4) is 0 Å². The van der Waals surface area contributed by atoms with Crippen LogP contribution >= 0.6 is 0 Å². The minimum Gasteiger partial charge on any atom is -0.468 e. The molecule has 5 nitrogen and oxygen atoms in total. The average molecular weight is 265 g/mol. The summed E-state index contributed by atoms with van der Waals surface area (Å²) in [7, 11) is 1.46. The molecule has 5 heteroatoms. The van der Waals surface area contributed by atoms with Crippen molar-refractivity contribution in [1.82, 2.24) is 15.1 Å². The fourth-order valence-electron chi connectivity index (χ4n) is 3.00. The molecule has 0 spiro atoms. The summed E-state index contributed by atoms with van der Waals surface area (Å²) < 4.78 is 6.97. The first-order valence-electron chi connectivity index (χ1n) is 6.84. The maximum Gasteiger partial charge on any atom is 0.326 e. The highest BCUT2D eigenvalue weighted by Crippen LogP contribution is 2.38. The Labute approximate surface area is 114 Å². The Hall–Kier alpha value is -1.36. The van der Waals surface area contributed by atoms with Gasteiger partial charge in [-0.25, -0.2) is 0 Å². The van der Waals surface area contributed by atoms with Crippen molar-refractivity contribution in [2.24, 2.45) is 0 Å². The summed E-state index contributed by atoms with van der Waals surface area (Å²) in [5, 5.41) is 7.76. The molecule has 19 heavy (non-hydrogen) atoms. The maximum atomic E-state index is 12.1. The van der Waals surface area contributed by atoms with Crippen LogP contribution in [-0.2, 0) is 9.53 Å². The van der Waals surface area contributed by atoms with Crippen LogP contribution in [0.1, 0.15) is 44.7 Å². The molecule has 1 N–H and O–H groups in total. The van der Waals surface area contributed by atoms with Gasteiger partial charge in [-0.15, -0.1) is 0 Å². The zero-order valence-electron chi connectivity index (χ0n) is 12.1. The first kappa shape index (κ1) is 14.1. The van der Waals surface area contributed by atoms with Gasteiger partial charge in [0.15, 0.2) is 0 Å². The molecule has 0 amide bonds. The molecule has 2 rings (SSSR count). The van der Waals surface area contributed by atoms with E-state index >= 15 is 0 Å². The maximum absolute atomic E-state index is 12.1. The van der Waals surface area contributed by atoms with Crippen molar-refractivity contribution in [2.45, 2.75) is 57.7 Å². The first-order chi connectivity index (χ1) is 8.97. The minimum absolute atomic E-state index is 0.160. The van der Waals surface area contributed by atoms with Gasteiger partial charge in [-0.2, -0.15) is 5.10 Å². The molecule has 106 valence electrons. The molecule has 1 heterocycles. The summed E-state index contributed by atoms with van der Waals surface area (Å²) in [5.41, 5.74) is 0.584. The zero-order valence-corrected chi connectivity index (χ0v) is 12.1. The Bertz CT molecular complexity index is 455. The lowest BCUT2D eigenvalue weighted by atomic mass is 9.96. The molecule has 1 fully saturated rings. The van der Waals surface area contributed by atoms with E-state index in [1.807, 2.05) is 24.0 Å². The molecule has 1 aromatic rings. The summed E-state index contributed by atoms with van der Waals surface area (Å²) in [6.07, 6.45) is 6.36. The highest BCUT2D eigenvalue weighted by molar-refractivity contribution is 5.81. The molecule has 1 saturated carbocycles. The van der Waals surface area contributed by atoms with Crippen molar-refractivity contribution >= 4 is 5.97 Å². The minimum atomic E-state index is -0.562. The second kappa shape index (κ2) is 5.33. The van der Waals surface area contributed by atoms with Crippen molar-refractivity contribution in [1.29, 1.82) is 0 Å². The number of carbonyl (C=O) groups excluding carboxylic acids is 1. The van der Waals surface area contributed by atoms with Gasteiger partial charge in [0.2, 0.25) is 0 Å². The predicted molar refractivity (Wildman–Crippen MR) is 72.9 cm³/mol. The lowest BCUT2D eigenvalue weighted by Gasteiger charge is -2.30. The summed E-state index contributed by atoms with van der Waals surface area (Å²) in [6, 6.07) is 0.510. The predicted octanol–water partition coefficient (Wildman–Crippen LogP) is 1.83. The van der Waals surface area contributed by atoms with E-state index < -0.39 is 5.54 Å². The number of nitrogens with zero attached hydrogens (tertiary/aromatic N) is 2. The quantitative estimate of drug-likeness (QED) is 0.844. The van der Waals surface area contributed by atoms with Crippen LogP contribution in [0.4, 0.5) is 0 Å². The van der Waals surface area contributed by atoms with Crippen molar-refractivity contribution in [3.05, 3.63) is 18.0 Å². The van der Waals surface area contributed by atoms with Gasteiger partial charge >= 0.3 is 5.97 Å². The molecular formula is C14H23N3O2. The smallest absolute Gasteiger partial charge is 0.326 e. The van der Waals surface area contributed by atoms with Gasteiger partial charge in [0.25, 0.3) is 0 Å². The molecule has 1 aliphatic carbocycles. The number of methoxy groups -OCH3 is 1. The molecule has 1 aliphatic rings. The van der Waals surface area contributed by atoms with E-state index in [1.54, 1.807) is 0 Å². The van der Waals surface area contributed by atoms with Crippen LogP contribution < -0.4 is 5.32 Å². The second-order valence-corrected chi connectivity index (χ2v) is 5.77. The number of nitrogens with one attached hydrogen (secondary N) is 1. The molecular weight excluding hydrogens is 242 g/mol. The fraction of sp³-hybridized carbons (Fsp3) is 0.714. The molecule has 0 aliphatic heterocycles. The Morgan fingerprint density at radius 2 is 2.37 bits per heavy atom. The van der Waals surface area contributed by atoms with Gasteiger partial charge in [-0.3, -0.25) is 14.8 Å². The molecule has 1 aromatic heterocycles.